The molecule has 2 aromatic heterocycles. The Kier molecular flexibility index (Phi) is 5.34. The molecule has 1 unspecified atom stereocenters. The molecule has 0 radical (unpaired) electrons. The Labute approximate surface area is 200 Å². The molecule has 2 aliphatic heterocycles. The predicted molar refractivity (Wildman–Crippen MR) is 127 cm³/mol. The second kappa shape index (κ2) is 8.52. The summed E-state index contributed by atoms with van der Waals surface area (Å²) in [6, 6.07) is 19.8. The van der Waals surface area contributed by atoms with Crippen molar-refractivity contribution in [2.24, 2.45) is 0 Å². The summed E-state index contributed by atoms with van der Waals surface area (Å²) in [6.45, 7) is 0.458. The van der Waals surface area contributed by atoms with Gasteiger partial charge >= 0.3 is 0 Å². The van der Waals surface area contributed by atoms with Gasteiger partial charge in [0, 0.05) is 5.56 Å². The topological polar surface area (TPSA) is 93.7 Å². The third-order valence-electron chi connectivity index (χ3n) is 6.36. The number of pyridine rings is 1. The molecule has 0 bridgehead atoms. The molecule has 2 saturated heterocycles. The third kappa shape index (κ3) is 3.58. The van der Waals surface area contributed by atoms with Crippen LogP contribution in [0.4, 0.5) is 0 Å². The number of hydrogen-bond acceptors (Lipinski definition) is 6. The highest BCUT2D eigenvalue weighted by molar-refractivity contribution is 6.33. The Bertz CT molecular complexity index is 1360. The number of carbonyl (C=O) groups is 1. The highest BCUT2D eigenvalue weighted by Crippen LogP contribution is 2.36. The van der Waals surface area contributed by atoms with Gasteiger partial charge in [-0.3, -0.25) is 4.79 Å². The van der Waals surface area contributed by atoms with Crippen molar-refractivity contribution in [3.05, 3.63) is 71.2 Å². The summed E-state index contributed by atoms with van der Waals surface area (Å²) in [5.74, 6) is 0.282. The van der Waals surface area contributed by atoms with E-state index < -0.39 is 24.4 Å². The van der Waals surface area contributed by atoms with Crippen LogP contribution >= 0.6 is 11.6 Å². The van der Waals surface area contributed by atoms with E-state index in [4.69, 9.17) is 30.8 Å². The second-order valence-corrected chi connectivity index (χ2v) is 8.87. The lowest BCUT2D eigenvalue weighted by atomic mass is 10.0. The molecule has 0 saturated carbocycles. The van der Waals surface area contributed by atoms with E-state index >= 15 is 0 Å². The maximum Gasteiger partial charge on any atom is 0.204 e. The monoisotopic (exact) mass is 476 g/mol. The zero-order chi connectivity index (χ0) is 23.2. The first-order valence-corrected chi connectivity index (χ1v) is 11.4. The Morgan fingerprint density at radius 3 is 2.47 bits per heavy atom. The number of hydrogen-bond donors (Lipinski definition) is 2. The van der Waals surface area contributed by atoms with E-state index in [1.807, 2.05) is 42.5 Å². The number of nitrogens with one attached hydrogen (secondary N) is 1. The van der Waals surface area contributed by atoms with Gasteiger partial charge in [-0.1, -0.05) is 66.2 Å². The molecule has 0 amide bonds. The molecule has 4 atom stereocenters. The second-order valence-electron chi connectivity index (χ2n) is 8.46. The lowest BCUT2D eigenvalue weighted by Crippen LogP contribution is -2.34. The zero-order valence-corrected chi connectivity index (χ0v) is 18.7. The van der Waals surface area contributed by atoms with Gasteiger partial charge in [-0.2, -0.15) is 0 Å². The summed E-state index contributed by atoms with van der Waals surface area (Å²) in [5.41, 5.74) is 4.99. The van der Waals surface area contributed by atoms with E-state index in [1.165, 1.54) is 0 Å². The number of nitrogens with zero attached hydrogens (tertiary/aromatic N) is 1. The molecule has 0 spiro atoms. The molecule has 4 aromatic rings. The summed E-state index contributed by atoms with van der Waals surface area (Å²) < 4.78 is 17.3. The van der Waals surface area contributed by atoms with E-state index in [1.54, 1.807) is 6.07 Å². The first kappa shape index (κ1) is 21.3. The number of aliphatic hydroxyl groups is 1. The molecule has 7 nitrogen and oxygen atoms in total. The van der Waals surface area contributed by atoms with Crippen LogP contribution in [0.2, 0.25) is 5.02 Å². The van der Waals surface area contributed by atoms with Crippen LogP contribution in [0.1, 0.15) is 10.4 Å². The summed E-state index contributed by atoms with van der Waals surface area (Å²) in [4.78, 5) is 19.8. The van der Waals surface area contributed by atoms with E-state index in [-0.39, 0.29) is 19.1 Å². The first-order chi connectivity index (χ1) is 16.6. The predicted octanol–water partition coefficient (Wildman–Crippen LogP) is 4.27. The zero-order valence-electron chi connectivity index (χ0n) is 18.0. The van der Waals surface area contributed by atoms with Crippen LogP contribution in [-0.4, -0.2) is 59.0 Å². The number of rotatable bonds is 5. The van der Waals surface area contributed by atoms with Crippen molar-refractivity contribution >= 4 is 28.9 Å². The standard InChI is InChI=1S/C26H21ClN2O5/c27-18-10-19-23(29-22(18)16-8-6-15(7-9-16)14-4-2-1-3-5-14)17(11-30)26(28-19)34-21-13-33-24-20(31)12-32-25(21)24/h1-11,20-21,24-25,28,31H,12-13H2/t20-,21-,24?,25-/m1/s1. The smallest absolute Gasteiger partial charge is 0.204 e. The lowest BCUT2D eigenvalue weighted by molar-refractivity contribution is 0.00784. The van der Waals surface area contributed by atoms with Crippen molar-refractivity contribution < 1.29 is 24.1 Å². The lowest BCUT2D eigenvalue weighted by Gasteiger charge is -2.17. The summed E-state index contributed by atoms with van der Waals surface area (Å²) in [6.07, 6.45) is -1.23. The van der Waals surface area contributed by atoms with Crippen molar-refractivity contribution in [2.45, 2.75) is 24.4 Å². The third-order valence-corrected chi connectivity index (χ3v) is 6.65. The van der Waals surface area contributed by atoms with Crippen molar-refractivity contribution in [3.8, 4) is 28.3 Å². The van der Waals surface area contributed by atoms with Gasteiger partial charge in [-0.05, 0) is 17.2 Å². The first-order valence-electron chi connectivity index (χ1n) is 11.0. The van der Waals surface area contributed by atoms with Gasteiger partial charge < -0.3 is 24.3 Å². The van der Waals surface area contributed by atoms with E-state index in [0.717, 1.165) is 23.0 Å². The number of aromatic amines is 1. The number of aliphatic hydroxyl groups excluding tert-OH is 1. The number of aldehydes is 1. The Hall–Kier alpha value is -3.23. The maximum absolute atomic E-state index is 12.0. The van der Waals surface area contributed by atoms with Gasteiger partial charge in [0.1, 0.15) is 29.4 Å². The number of fused-ring (bicyclic) bond motifs is 2. The molecule has 6 rings (SSSR count). The molecule has 172 valence electrons. The summed E-state index contributed by atoms with van der Waals surface area (Å²) >= 11 is 6.58. The van der Waals surface area contributed by atoms with Gasteiger partial charge in [-0.25, -0.2) is 4.98 Å². The largest absolute Gasteiger partial charge is 0.470 e. The number of benzene rings is 2. The Morgan fingerprint density at radius 1 is 1.00 bits per heavy atom. The van der Waals surface area contributed by atoms with Crippen LogP contribution in [0.15, 0.2) is 60.7 Å². The average Bonchev–Trinajstić information content (AvgIpc) is 3.54. The quantitative estimate of drug-likeness (QED) is 0.418. The molecule has 2 aromatic carbocycles. The van der Waals surface area contributed by atoms with Crippen LogP contribution in [0.5, 0.6) is 5.88 Å². The Balaban J connectivity index is 1.33. The highest BCUT2D eigenvalue weighted by atomic mass is 35.5. The van der Waals surface area contributed by atoms with Crippen molar-refractivity contribution in [1.29, 1.82) is 0 Å². The van der Waals surface area contributed by atoms with Crippen LogP contribution < -0.4 is 4.74 Å². The fraction of sp³-hybridized carbons (Fsp3) is 0.231. The van der Waals surface area contributed by atoms with Gasteiger partial charge in [0.2, 0.25) is 5.88 Å². The molecule has 4 heterocycles. The fourth-order valence-corrected chi connectivity index (χ4v) is 4.90. The molecule has 0 aliphatic carbocycles. The minimum absolute atomic E-state index is 0.200. The van der Waals surface area contributed by atoms with Gasteiger partial charge in [-0.15, -0.1) is 0 Å². The summed E-state index contributed by atoms with van der Waals surface area (Å²) in [7, 11) is 0. The van der Waals surface area contributed by atoms with Crippen LogP contribution in [0.25, 0.3) is 33.4 Å². The fourth-order valence-electron chi connectivity index (χ4n) is 4.64. The average molecular weight is 477 g/mol. The number of halogens is 1. The molecule has 2 fully saturated rings. The van der Waals surface area contributed by atoms with E-state index in [9.17, 15) is 9.90 Å². The van der Waals surface area contributed by atoms with Gasteiger partial charge in [0.15, 0.2) is 12.4 Å². The minimum Gasteiger partial charge on any atom is -0.470 e. The van der Waals surface area contributed by atoms with E-state index in [0.29, 0.717) is 27.3 Å². The van der Waals surface area contributed by atoms with Crippen molar-refractivity contribution in [3.63, 3.8) is 0 Å². The van der Waals surface area contributed by atoms with Crippen molar-refractivity contribution in [2.75, 3.05) is 13.2 Å². The molecule has 34 heavy (non-hydrogen) atoms. The number of ether oxygens (including phenoxy) is 3. The molecular weight excluding hydrogens is 456 g/mol. The highest BCUT2D eigenvalue weighted by Gasteiger charge is 2.48. The number of H-pyrrole nitrogens is 1. The van der Waals surface area contributed by atoms with Crippen LogP contribution in [0, 0.1) is 0 Å². The van der Waals surface area contributed by atoms with E-state index in [2.05, 4.69) is 17.1 Å². The summed E-state index contributed by atoms with van der Waals surface area (Å²) in [5, 5.41) is 10.4. The minimum atomic E-state index is -0.678. The SMILES string of the molecule is O=Cc1c(O[C@@H]2COC3[C@H](O)CO[C@@H]32)[nH]c2cc(Cl)c(-c3ccc(-c4ccccc4)cc3)nc12. The van der Waals surface area contributed by atoms with Gasteiger partial charge in [0.05, 0.1) is 29.4 Å². The number of aromatic nitrogens is 2. The normalized spacial score (nSPS) is 23.8. The van der Waals surface area contributed by atoms with Crippen LogP contribution in [0.3, 0.4) is 0 Å². The molecule has 2 N–H and O–H groups in total. The molecule has 8 heteroatoms. The maximum atomic E-state index is 12.0. The van der Waals surface area contributed by atoms with Gasteiger partial charge in [0.25, 0.3) is 0 Å². The van der Waals surface area contributed by atoms with Crippen LogP contribution in [-0.2, 0) is 9.47 Å². The molecular formula is C26H21ClN2O5. The molecule has 2 aliphatic rings. The number of carbonyl (C=O) groups excluding carboxylic acids is 1. The Morgan fingerprint density at radius 2 is 1.71 bits per heavy atom. The van der Waals surface area contributed by atoms with Crippen molar-refractivity contribution in [1.82, 2.24) is 9.97 Å².